The highest BCUT2D eigenvalue weighted by molar-refractivity contribution is 5.95. The Morgan fingerprint density at radius 1 is 1.35 bits per heavy atom. The van der Waals surface area contributed by atoms with Crippen molar-refractivity contribution in [3.05, 3.63) is 52.8 Å². The van der Waals surface area contributed by atoms with E-state index in [0.717, 1.165) is 28.8 Å². The number of hydrogen-bond acceptors (Lipinski definition) is 4. The molecule has 5 nitrogen and oxygen atoms in total. The lowest BCUT2D eigenvalue weighted by molar-refractivity contribution is 0.0731. The van der Waals surface area contributed by atoms with Crippen LogP contribution in [0.4, 0.5) is 5.95 Å². The molecule has 2 aromatic rings. The fraction of sp³-hybridized carbons (Fsp3) is 0.267. The van der Waals surface area contributed by atoms with E-state index < -0.39 is 0 Å². The van der Waals surface area contributed by atoms with Crippen LogP contribution in [-0.4, -0.2) is 27.3 Å². The van der Waals surface area contributed by atoms with Gasteiger partial charge in [0.15, 0.2) is 0 Å². The topological polar surface area (TPSA) is 72.1 Å². The van der Waals surface area contributed by atoms with Gasteiger partial charge in [-0.15, -0.1) is 0 Å². The molecule has 0 aliphatic carbocycles. The zero-order valence-corrected chi connectivity index (χ0v) is 11.3. The predicted molar refractivity (Wildman–Crippen MR) is 76.1 cm³/mol. The van der Waals surface area contributed by atoms with E-state index in [-0.39, 0.29) is 11.9 Å². The highest BCUT2D eigenvalue weighted by Gasteiger charge is 2.23. The van der Waals surface area contributed by atoms with E-state index in [4.69, 9.17) is 5.73 Å². The molecule has 20 heavy (non-hydrogen) atoms. The lowest BCUT2D eigenvalue weighted by Gasteiger charge is -2.28. The second kappa shape index (κ2) is 4.92. The number of nitrogens with zero attached hydrogens (tertiary/aromatic N) is 3. The number of nitrogen functional groups attached to an aromatic ring is 1. The summed E-state index contributed by atoms with van der Waals surface area (Å²) < 4.78 is 0. The monoisotopic (exact) mass is 268 g/mol. The van der Waals surface area contributed by atoms with Crippen molar-refractivity contribution in [2.75, 3.05) is 12.3 Å². The molecule has 0 bridgehead atoms. The van der Waals surface area contributed by atoms with Gasteiger partial charge in [0.2, 0.25) is 5.95 Å². The normalized spacial score (nSPS) is 13.9. The minimum absolute atomic E-state index is 0.0472. The number of rotatable bonds is 1. The van der Waals surface area contributed by atoms with E-state index in [9.17, 15) is 4.79 Å². The Morgan fingerprint density at radius 2 is 2.15 bits per heavy atom. The molecule has 0 spiro atoms. The highest BCUT2D eigenvalue weighted by Crippen LogP contribution is 2.20. The summed E-state index contributed by atoms with van der Waals surface area (Å²) >= 11 is 0. The Balaban J connectivity index is 1.87. The van der Waals surface area contributed by atoms with Crippen LogP contribution < -0.4 is 5.73 Å². The molecule has 2 N–H and O–H groups in total. The van der Waals surface area contributed by atoms with Gasteiger partial charge in [-0.25, -0.2) is 9.97 Å². The number of aryl methyl sites for hydroxylation is 1. The fourth-order valence-electron chi connectivity index (χ4n) is 2.48. The maximum Gasteiger partial charge on any atom is 0.254 e. The van der Waals surface area contributed by atoms with Crippen molar-refractivity contribution in [1.29, 1.82) is 0 Å². The molecule has 1 aliphatic rings. The third-order valence-corrected chi connectivity index (χ3v) is 3.63. The van der Waals surface area contributed by atoms with Crippen LogP contribution in [-0.2, 0) is 13.0 Å². The van der Waals surface area contributed by atoms with Crippen molar-refractivity contribution in [3.63, 3.8) is 0 Å². The van der Waals surface area contributed by atoms with Crippen LogP contribution in [0.15, 0.2) is 30.5 Å². The number of benzene rings is 1. The molecule has 3 rings (SSSR count). The standard InChI is InChI=1S/C15H16N4O/c1-10-4-2-3-5-12(10)14(20)19-7-6-11-8-17-15(16)18-13(11)9-19/h2-5,8H,6-7,9H2,1H3,(H2,16,17,18). The number of anilines is 1. The summed E-state index contributed by atoms with van der Waals surface area (Å²) in [5.74, 6) is 0.305. The molecule has 1 amide bonds. The third kappa shape index (κ3) is 2.22. The van der Waals surface area contributed by atoms with E-state index in [1.54, 1.807) is 6.20 Å². The third-order valence-electron chi connectivity index (χ3n) is 3.63. The van der Waals surface area contributed by atoms with Crippen LogP contribution >= 0.6 is 0 Å². The largest absolute Gasteiger partial charge is 0.368 e. The highest BCUT2D eigenvalue weighted by atomic mass is 16.2. The number of fused-ring (bicyclic) bond motifs is 1. The first-order chi connectivity index (χ1) is 9.65. The molecular weight excluding hydrogens is 252 g/mol. The number of amides is 1. The molecule has 0 unspecified atom stereocenters. The van der Waals surface area contributed by atoms with Gasteiger partial charge < -0.3 is 10.6 Å². The Labute approximate surface area is 117 Å². The first kappa shape index (κ1) is 12.6. The van der Waals surface area contributed by atoms with Crippen LogP contribution in [0.1, 0.15) is 27.2 Å². The molecule has 2 heterocycles. The van der Waals surface area contributed by atoms with E-state index in [2.05, 4.69) is 9.97 Å². The smallest absolute Gasteiger partial charge is 0.254 e. The average Bonchev–Trinajstić information content (AvgIpc) is 2.46. The molecule has 102 valence electrons. The number of hydrogen-bond donors (Lipinski definition) is 1. The van der Waals surface area contributed by atoms with Gasteiger partial charge in [-0.1, -0.05) is 18.2 Å². The average molecular weight is 268 g/mol. The van der Waals surface area contributed by atoms with E-state index in [0.29, 0.717) is 13.1 Å². The van der Waals surface area contributed by atoms with Crippen LogP contribution in [0.3, 0.4) is 0 Å². The van der Waals surface area contributed by atoms with Crippen LogP contribution in [0.25, 0.3) is 0 Å². The molecule has 0 saturated heterocycles. The van der Waals surface area contributed by atoms with Crippen LogP contribution in [0.5, 0.6) is 0 Å². The molecular formula is C15H16N4O. The van der Waals surface area contributed by atoms with Crippen molar-refractivity contribution in [2.45, 2.75) is 19.9 Å². The minimum atomic E-state index is 0.0472. The minimum Gasteiger partial charge on any atom is -0.368 e. The second-order valence-corrected chi connectivity index (χ2v) is 4.99. The summed E-state index contributed by atoms with van der Waals surface area (Å²) in [5.41, 5.74) is 9.28. The number of carbonyl (C=O) groups is 1. The molecule has 1 aromatic carbocycles. The van der Waals surface area contributed by atoms with Gasteiger partial charge in [0.1, 0.15) is 0 Å². The van der Waals surface area contributed by atoms with Gasteiger partial charge in [0.25, 0.3) is 5.91 Å². The maximum atomic E-state index is 12.6. The molecule has 0 saturated carbocycles. The number of nitrogens with two attached hydrogens (primary N) is 1. The van der Waals surface area contributed by atoms with Gasteiger partial charge in [0.05, 0.1) is 12.2 Å². The SMILES string of the molecule is Cc1ccccc1C(=O)N1CCc2cnc(N)nc2C1. The first-order valence-electron chi connectivity index (χ1n) is 6.60. The second-order valence-electron chi connectivity index (χ2n) is 4.99. The Kier molecular flexibility index (Phi) is 3.10. The van der Waals surface area contributed by atoms with E-state index >= 15 is 0 Å². The summed E-state index contributed by atoms with van der Waals surface area (Å²) in [6, 6.07) is 7.64. The van der Waals surface area contributed by atoms with Crippen molar-refractivity contribution in [3.8, 4) is 0 Å². The van der Waals surface area contributed by atoms with Gasteiger partial charge in [0, 0.05) is 18.3 Å². The Hall–Kier alpha value is -2.43. The summed E-state index contributed by atoms with van der Waals surface area (Å²) in [7, 11) is 0. The van der Waals surface area contributed by atoms with Crippen LogP contribution in [0, 0.1) is 6.92 Å². The van der Waals surface area contributed by atoms with Gasteiger partial charge in [-0.3, -0.25) is 4.79 Å². The molecule has 0 atom stereocenters. The lowest BCUT2D eigenvalue weighted by atomic mass is 10.0. The van der Waals surface area contributed by atoms with Gasteiger partial charge >= 0.3 is 0 Å². The predicted octanol–water partition coefficient (Wildman–Crippen LogP) is 1.57. The van der Waals surface area contributed by atoms with Crippen LogP contribution in [0.2, 0.25) is 0 Å². The Bertz CT molecular complexity index is 669. The fourth-order valence-corrected chi connectivity index (χ4v) is 2.48. The summed E-state index contributed by atoms with van der Waals surface area (Å²) in [4.78, 5) is 22.6. The molecule has 0 fully saturated rings. The van der Waals surface area contributed by atoms with E-state index in [1.165, 1.54) is 0 Å². The lowest BCUT2D eigenvalue weighted by Crippen LogP contribution is -2.37. The van der Waals surface area contributed by atoms with Crippen molar-refractivity contribution in [2.24, 2.45) is 0 Å². The zero-order valence-electron chi connectivity index (χ0n) is 11.3. The number of carbonyl (C=O) groups excluding carboxylic acids is 1. The number of aromatic nitrogens is 2. The molecule has 1 aromatic heterocycles. The maximum absolute atomic E-state index is 12.6. The van der Waals surface area contributed by atoms with Crippen molar-refractivity contribution in [1.82, 2.24) is 14.9 Å². The Morgan fingerprint density at radius 3 is 2.95 bits per heavy atom. The van der Waals surface area contributed by atoms with Gasteiger partial charge in [-0.05, 0) is 30.5 Å². The summed E-state index contributed by atoms with van der Waals surface area (Å²) in [5, 5.41) is 0. The summed E-state index contributed by atoms with van der Waals surface area (Å²) in [6.45, 7) is 3.13. The van der Waals surface area contributed by atoms with Crippen molar-refractivity contribution >= 4 is 11.9 Å². The van der Waals surface area contributed by atoms with Crippen molar-refractivity contribution < 1.29 is 4.79 Å². The zero-order chi connectivity index (χ0) is 14.1. The first-order valence-corrected chi connectivity index (χ1v) is 6.60. The summed E-state index contributed by atoms with van der Waals surface area (Å²) in [6.07, 6.45) is 2.53. The molecule has 0 radical (unpaired) electrons. The quantitative estimate of drug-likeness (QED) is 0.852. The molecule has 5 heteroatoms. The molecule has 1 aliphatic heterocycles. The van der Waals surface area contributed by atoms with E-state index in [1.807, 2.05) is 36.1 Å². The van der Waals surface area contributed by atoms with Gasteiger partial charge in [-0.2, -0.15) is 0 Å².